The molecule has 1 unspecified atom stereocenters. The summed E-state index contributed by atoms with van der Waals surface area (Å²) in [7, 11) is 2.24. The summed E-state index contributed by atoms with van der Waals surface area (Å²) >= 11 is -4.26. The van der Waals surface area contributed by atoms with E-state index in [1.54, 1.807) is 6.07 Å². The molecule has 168 valence electrons. The molecule has 0 saturated heterocycles. The zero-order valence-corrected chi connectivity index (χ0v) is 19.0. The topological polar surface area (TPSA) is 192 Å². The maximum atomic E-state index is 11.3. The van der Waals surface area contributed by atoms with Crippen molar-refractivity contribution in [3.8, 4) is 0 Å². The number of rotatable bonds is 6. The molecule has 31 heavy (non-hydrogen) atoms. The first-order valence-electron chi connectivity index (χ1n) is 7.95. The normalized spacial score (nSPS) is 11.9. The van der Waals surface area contributed by atoms with Crippen LogP contribution in [0.1, 0.15) is 27.0 Å². The van der Waals surface area contributed by atoms with E-state index in [2.05, 4.69) is 18.7 Å². The number of thiophene rings is 1. The fourth-order valence-corrected chi connectivity index (χ4v) is 4.27. The number of benzene rings is 1. The molecule has 15 heteroatoms. The average Bonchev–Trinajstić information content (AvgIpc) is 3.18. The monoisotopic (exact) mass is 520 g/mol. The van der Waals surface area contributed by atoms with Gasteiger partial charge in [-0.1, -0.05) is 11.3 Å². The van der Waals surface area contributed by atoms with Crippen molar-refractivity contribution < 1.29 is 45.7 Å². The van der Waals surface area contributed by atoms with Crippen LogP contribution in [0.15, 0.2) is 30.3 Å². The number of methoxy groups -OCH3 is 2. The number of hydrogen-bond donors (Lipinski definition) is 3. The van der Waals surface area contributed by atoms with Gasteiger partial charge in [0.2, 0.25) is 0 Å². The first-order chi connectivity index (χ1) is 14.5. The van der Waals surface area contributed by atoms with Crippen molar-refractivity contribution in [3.05, 3.63) is 50.9 Å². The minimum Gasteiger partial charge on any atom is -0.465 e. The van der Waals surface area contributed by atoms with E-state index in [0.717, 1.165) is 20.3 Å². The van der Waals surface area contributed by atoms with Crippen molar-refractivity contribution in [1.29, 1.82) is 0 Å². The van der Waals surface area contributed by atoms with E-state index in [4.69, 9.17) is 5.26 Å². The van der Waals surface area contributed by atoms with Crippen LogP contribution in [0, 0.1) is 10.1 Å². The van der Waals surface area contributed by atoms with Gasteiger partial charge in [0.25, 0.3) is 0 Å². The van der Waals surface area contributed by atoms with Crippen molar-refractivity contribution in [2.75, 3.05) is 19.5 Å². The van der Waals surface area contributed by atoms with Crippen LogP contribution in [-0.4, -0.2) is 60.5 Å². The van der Waals surface area contributed by atoms with E-state index in [0.29, 0.717) is 17.0 Å². The van der Waals surface area contributed by atoms with Crippen molar-refractivity contribution >= 4 is 58.4 Å². The summed E-state index contributed by atoms with van der Waals surface area (Å²) in [5.74, 6) is -1.92. The van der Waals surface area contributed by atoms with Gasteiger partial charge < -0.3 is 9.47 Å². The molecule has 0 saturated carbocycles. The Hall–Kier alpha value is -3.03. The molecule has 0 aliphatic heterocycles. The molecule has 0 aliphatic carbocycles. The molecular formula is C16H17AsN2O11S. The smallest absolute Gasteiger partial charge is 0.349 e. The van der Waals surface area contributed by atoms with Crippen LogP contribution < -0.4 is 9.67 Å². The number of carbonyl (C=O) groups is 3. The molecule has 2 rings (SSSR count). The molecule has 1 amide bonds. The summed E-state index contributed by atoms with van der Waals surface area (Å²) < 4.78 is 32.7. The van der Waals surface area contributed by atoms with Gasteiger partial charge >= 0.3 is 105 Å². The third-order valence-electron chi connectivity index (χ3n) is 3.28. The number of carbonyl (C=O) groups excluding carboxylic acids is 3. The van der Waals surface area contributed by atoms with Crippen LogP contribution in [-0.2, 0) is 21.9 Å². The zero-order valence-electron chi connectivity index (χ0n) is 16.3. The van der Waals surface area contributed by atoms with Gasteiger partial charge in [0.05, 0.1) is 24.7 Å². The predicted octanol–water partition coefficient (Wildman–Crippen LogP) is 0.933. The van der Waals surface area contributed by atoms with Gasteiger partial charge in [0, 0.05) is 6.07 Å². The zero-order chi connectivity index (χ0) is 23.8. The maximum Gasteiger partial charge on any atom is 0.349 e. The van der Waals surface area contributed by atoms with Crippen LogP contribution in [0.4, 0.5) is 10.7 Å². The van der Waals surface area contributed by atoms with Gasteiger partial charge in [-0.25, -0.2) is 9.59 Å². The standard InChI is InChI=1S/C8H10AsNO5.C8H7NO6S/c1-6(11)10-8-4-2-3-7(5-8)9(12,13)15-14;1-14-7(10)4-3-5(9(12)13)16-6(4)8(11)15-2/h2-5,14H,1H3,(H,10,11)(H,12,13);3H,1-2H3. The fraction of sp³-hybridized carbons (Fsp3) is 0.188. The van der Waals surface area contributed by atoms with E-state index in [9.17, 15) is 32.3 Å². The molecule has 0 aliphatic rings. The first-order valence-corrected chi connectivity index (χ1v) is 12.1. The van der Waals surface area contributed by atoms with Crippen molar-refractivity contribution in [1.82, 2.24) is 0 Å². The SMILES string of the molecule is CC(=O)Nc1cccc([As](=O)(O)OO)c1.COC(=O)c1cc([N+](=O)[O-])sc1C(=O)OC. The molecule has 1 atom stereocenters. The fourth-order valence-electron chi connectivity index (χ4n) is 1.98. The molecule has 2 aromatic rings. The van der Waals surface area contributed by atoms with E-state index >= 15 is 0 Å². The minimum absolute atomic E-state index is 0.0399. The summed E-state index contributed by atoms with van der Waals surface area (Å²) in [6.45, 7) is 1.32. The van der Waals surface area contributed by atoms with Gasteiger partial charge in [-0.2, -0.15) is 0 Å². The Kier molecular flexibility index (Phi) is 9.55. The molecule has 0 bridgehead atoms. The average molecular weight is 520 g/mol. The van der Waals surface area contributed by atoms with Crippen LogP contribution in [0.2, 0.25) is 0 Å². The number of nitro groups is 1. The largest absolute Gasteiger partial charge is 0.465 e. The molecule has 1 aromatic carbocycles. The van der Waals surface area contributed by atoms with Crippen LogP contribution >= 0.6 is 11.3 Å². The van der Waals surface area contributed by atoms with Crippen molar-refractivity contribution in [2.24, 2.45) is 0 Å². The summed E-state index contributed by atoms with van der Waals surface area (Å²) in [4.78, 5) is 42.9. The molecule has 1 heterocycles. The summed E-state index contributed by atoms with van der Waals surface area (Å²) in [5, 5.41) is 20.9. The quantitative estimate of drug-likeness (QED) is 0.161. The summed E-state index contributed by atoms with van der Waals surface area (Å²) in [6.07, 6.45) is 0. The Morgan fingerprint density at radius 3 is 2.26 bits per heavy atom. The number of hydrogen-bond acceptors (Lipinski definition) is 11. The molecular weight excluding hydrogens is 503 g/mol. The second-order valence-corrected chi connectivity index (χ2v) is 10.0. The van der Waals surface area contributed by atoms with Gasteiger partial charge in [0.15, 0.2) is 0 Å². The third-order valence-corrected chi connectivity index (χ3v) is 6.76. The Balaban J connectivity index is 0.000000311. The number of ether oxygens (including phenoxy) is 2. The molecule has 0 spiro atoms. The predicted molar refractivity (Wildman–Crippen MR) is 106 cm³/mol. The Labute approximate surface area is 181 Å². The van der Waals surface area contributed by atoms with Crippen LogP contribution in [0.5, 0.6) is 0 Å². The number of nitrogens with one attached hydrogen (secondary N) is 1. The molecule has 0 radical (unpaired) electrons. The number of amides is 1. The Morgan fingerprint density at radius 2 is 1.77 bits per heavy atom. The van der Waals surface area contributed by atoms with Crippen molar-refractivity contribution in [2.45, 2.75) is 6.92 Å². The summed E-state index contributed by atoms with van der Waals surface area (Å²) in [5.41, 5.74) is 0.207. The van der Waals surface area contributed by atoms with E-state index in [1.165, 1.54) is 25.1 Å². The van der Waals surface area contributed by atoms with Crippen LogP contribution in [0.3, 0.4) is 0 Å². The minimum atomic E-state index is -4.83. The van der Waals surface area contributed by atoms with Gasteiger partial charge in [-0.05, 0) is 0 Å². The van der Waals surface area contributed by atoms with Crippen LogP contribution in [0.25, 0.3) is 0 Å². The number of esters is 2. The first kappa shape index (κ1) is 26.0. The van der Waals surface area contributed by atoms with E-state index in [-0.39, 0.29) is 25.7 Å². The van der Waals surface area contributed by atoms with Gasteiger partial charge in [0.1, 0.15) is 4.88 Å². The third kappa shape index (κ3) is 7.31. The Bertz CT molecular complexity index is 1000. The second kappa shape index (κ2) is 11.4. The maximum absolute atomic E-state index is 11.3. The van der Waals surface area contributed by atoms with Gasteiger partial charge in [-0.15, -0.1) is 0 Å². The molecule has 0 fully saturated rings. The second-order valence-electron chi connectivity index (χ2n) is 5.40. The molecule has 13 nitrogen and oxygen atoms in total. The number of anilines is 1. The molecule has 1 aromatic heterocycles. The van der Waals surface area contributed by atoms with Crippen molar-refractivity contribution in [3.63, 3.8) is 0 Å². The van der Waals surface area contributed by atoms with E-state index < -0.39 is 31.0 Å². The summed E-state index contributed by atoms with van der Waals surface area (Å²) in [6, 6.07) is 6.63. The molecule has 3 N–H and O–H groups in total. The Morgan fingerprint density at radius 1 is 1.16 bits per heavy atom. The van der Waals surface area contributed by atoms with E-state index in [1.807, 2.05) is 0 Å². The van der Waals surface area contributed by atoms with Gasteiger partial charge in [-0.3, -0.25) is 10.1 Å². The number of nitrogens with zero attached hydrogens (tertiary/aromatic N) is 1.